The van der Waals surface area contributed by atoms with Crippen LogP contribution in [0.25, 0.3) is 10.4 Å². The lowest BCUT2D eigenvalue weighted by molar-refractivity contribution is 0.152. The van der Waals surface area contributed by atoms with E-state index in [0.717, 1.165) is 35.5 Å². The maximum atomic E-state index is 13.1. The van der Waals surface area contributed by atoms with Gasteiger partial charge in [-0.2, -0.15) is 0 Å². The largest absolute Gasteiger partial charge is 0.385 e. The van der Waals surface area contributed by atoms with Gasteiger partial charge in [0.1, 0.15) is 0 Å². The summed E-state index contributed by atoms with van der Waals surface area (Å²) in [5.41, 5.74) is 4.35. The Morgan fingerprint density at radius 2 is 2.22 bits per heavy atom. The van der Waals surface area contributed by atoms with E-state index in [1.807, 2.05) is 6.07 Å². The Bertz CT molecular complexity index is 552. The number of hydrogen-bond donors (Lipinski definition) is 1. The monoisotopic (exact) mass is 266 g/mol. The van der Waals surface area contributed by atoms with E-state index >= 15 is 0 Å². The zero-order valence-corrected chi connectivity index (χ0v) is 10.4. The zero-order valence-electron chi connectivity index (χ0n) is 9.62. The van der Waals surface area contributed by atoms with Gasteiger partial charge in [-0.3, -0.25) is 4.98 Å². The molecule has 0 amide bonds. The van der Waals surface area contributed by atoms with E-state index in [-0.39, 0.29) is 5.56 Å². The first kappa shape index (κ1) is 11.6. The molecule has 0 saturated carbocycles. The van der Waals surface area contributed by atoms with Gasteiger partial charge in [0, 0.05) is 29.6 Å². The number of thiazole rings is 1. The van der Waals surface area contributed by atoms with Crippen molar-refractivity contribution in [1.82, 2.24) is 4.98 Å². The molecule has 0 fully saturated rings. The molecule has 0 spiro atoms. The maximum Gasteiger partial charge on any atom is 0.264 e. The SMILES string of the molecule is FC(F)c1cc2c(cc1-c1cncs1)CCCN2. The number of aryl methyl sites for hydroxylation is 1. The molecule has 1 aromatic heterocycles. The van der Waals surface area contributed by atoms with E-state index in [4.69, 9.17) is 0 Å². The summed E-state index contributed by atoms with van der Waals surface area (Å²) in [6, 6.07) is 3.48. The molecule has 1 aromatic carbocycles. The summed E-state index contributed by atoms with van der Waals surface area (Å²) >= 11 is 1.39. The molecule has 1 aliphatic heterocycles. The first-order chi connectivity index (χ1) is 8.75. The van der Waals surface area contributed by atoms with Crippen molar-refractivity contribution in [1.29, 1.82) is 0 Å². The summed E-state index contributed by atoms with van der Waals surface area (Å²) in [6.45, 7) is 0.857. The molecule has 0 radical (unpaired) electrons. The number of anilines is 1. The lowest BCUT2D eigenvalue weighted by Crippen LogP contribution is -2.12. The van der Waals surface area contributed by atoms with Crippen LogP contribution in [0.2, 0.25) is 0 Å². The van der Waals surface area contributed by atoms with Gasteiger partial charge in [0.2, 0.25) is 0 Å². The summed E-state index contributed by atoms with van der Waals surface area (Å²) in [7, 11) is 0. The van der Waals surface area contributed by atoms with E-state index in [1.54, 1.807) is 17.8 Å². The molecule has 18 heavy (non-hydrogen) atoms. The third kappa shape index (κ3) is 1.99. The Balaban J connectivity index is 2.16. The predicted molar refractivity (Wildman–Crippen MR) is 69.3 cm³/mol. The first-order valence-corrected chi connectivity index (χ1v) is 6.71. The second-order valence-electron chi connectivity index (χ2n) is 4.29. The van der Waals surface area contributed by atoms with Gasteiger partial charge >= 0.3 is 0 Å². The normalized spacial score (nSPS) is 14.4. The lowest BCUT2D eigenvalue weighted by atomic mass is 9.96. The van der Waals surface area contributed by atoms with Gasteiger partial charge in [-0.05, 0) is 30.5 Å². The van der Waals surface area contributed by atoms with E-state index in [1.165, 1.54) is 11.3 Å². The second-order valence-corrected chi connectivity index (χ2v) is 5.18. The maximum absolute atomic E-state index is 13.1. The topological polar surface area (TPSA) is 24.9 Å². The van der Waals surface area contributed by atoms with Crippen molar-refractivity contribution in [2.24, 2.45) is 0 Å². The van der Waals surface area contributed by atoms with E-state index in [2.05, 4.69) is 10.3 Å². The highest BCUT2D eigenvalue weighted by Crippen LogP contribution is 2.38. The van der Waals surface area contributed by atoms with Gasteiger partial charge in [0.25, 0.3) is 6.43 Å². The minimum Gasteiger partial charge on any atom is -0.385 e. The van der Waals surface area contributed by atoms with E-state index < -0.39 is 6.43 Å². The van der Waals surface area contributed by atoms with Crippen LogP contribution >= 0.6 is 11.3 Å². The third-order valence-electron chi connectivity index (χ3n) is 3.15. The summed E-state index contributed by atoms with van der Waals surface area (Å²) in [6.07, 6.45) is 1.17. The average molecular weight is 266 g/mol. The van der Waals surface area contributed by atoms with Crippen molar-refractivity contribution < 1.29 is 8.78 Å². The highest BCUT2D eigenvalue weighted by molar-refractivity contribution is 7.13. The average Bonchev–Trinajstić information content (AvgIpc) is 2.91. The van der Waals surface area contributed by atoms with Crippen molar-refractivity contribution in [3.05, 3.63) is 35.0 Å². The number of hydrogen-bond acceptors (Lipinski definition) is 3. The summed E-state index contributed by atoms with van der Waals surface area (Å²) < 4.78 is 26.3. The smallest absolute Gasteiger partial charge is 0.264 e. The van der Waals surface area contributed by atoms with Crippen LogP contribution in [0.4, 0.5) is 14.5 Å². The van der Waals surface area contributed by atoms with Crippen LogP contribution < -0.4 is 5.32 Å². The fraction of sp³-hybridized carbons (Fsp3) is 0.308. The molecule has 3 rings (SSSR count). The van der Waals surface area contributed by atoms with Gasteiger partial charge in [0.05, 0.1) is 10.4 Å². The van der Waals surface area contributed by atoms with Crippen LogP contribution in [-0.2, 0) is 6.42 Å². The Hall–Kier alpha value is -1.49. The van der Waals surface area contributed by atoms with Crippen LogP contribution in [0.3, 0.4) is 0 Å². The van der Waals surface area contributed by atoms with Crippen LogP contribution in [0.15, 0.2) is 23.8 Å². The molecule has 0 atom stereocenters. The van der Waals surface area contributed by atoms with Crippen LogP contribution in [0.5, 0.6) is 0 Å². The molecule has 5 heteroatoms. The van der Waals surface area contributed by atoms with Crippen molar-refractivity contribution >= 4 is 17.0 Å². The number of nitrogens with zero attached hydrogens (tertiary/aromatic N) is 1. The van der Waals surface area contributed by atoms with Crippen molar-refractivity contribution in [2.75, 3.05) is 11.9 Å². The molecule has 0 bridgehead atoms. The molecule has 1 aliphatic rings. The minimum absolute atomic E-state index is 0.0902. The summed E-state index contributed by atoms with van der Waals surface area (Å²) in [5, 5.41) is 3.18. The third-order valence-corrected chi connectivity index (χ3v) is 3.95. The lowest BCUT2D eigenvalue weighted by Gasteiger charge is -2.20. The second kappa shape index (κ2) is 4.65. The fourth-order valence-electron chi connectivity index (χ4n) is 2.28. The minimum atomic E-state index is -2.46. The first-order valence-electron chi connectivity index (χ1n) is 5.83. The zero-order chi connectivity index (χ0) is 12.5. The fourth-order valence-corrected chi connectivity index (χ4v) is 2.94. The number of benzene rings is 1. The van der Waals surface area contributed by atoms with Gasteiger partial charge in [-0.15, -0.1) is 11.3 Å². The molecule has 2 nitrogen and oxygen atoms in total. The molecule has 94 valence electrons. The summed E-state index contributed by atoms with van der Waals surface area (Å²) in [4.78, 5) is 4.77. The molecule has 0 unspecified atom stereocenters. The van der Waals surface area contributed by atoms with Gasteiger partial charge in [-0.1, -0.05) is 0 Å². The molecular weight excluding hydrogens is 254 g/mol. The number of rotatable bonds is 2. The predicted octanol–water partition coefficient (Wildman–Crippen LogP) is 4.11. The molecule has 0 aliphatic carbocycles. The van der Waals surface area contributed by atoms with Gasteiger partial charge in [0.15, 0.2) is 0 Å². The number of nitrogens with one attached hydrogen (secondary N) is 1. The molecular formula is C13H12F2N2S. The number of fused-ring (bicyclic) bond motifs is 1. The standard InChI is InChI=1S/C13H12F2N2S/c14-13(15)10-5-11-8(2-1-3-17-11)4-9(10)12-6-16-7-18-12/h4-7,13,17H,1-3H2. The molecule has 0 saturated heterocycles. The molecule has 2 heterocycles. The van der Waals surface area contributed by atoms with Crippen molar-refractivity contribution in [3.63, 3.8) is 0 Å². The molecule has 2 aromatic rings. The van der Waals surface area contributed by atoms with E-state index in [0.29, 0.717) is 5.56 Å². The van der Waals surface area contributed by atoms with Gasteiger partial charge in [-0.25, -0.2) is 8.78 Å². The number of alkyl halides is 2. The van der Waals surface area contributed by atoms with Gasteiger partial charge < -0.3 is 5.32 Å². The van der Waals surface area contributed by atoms with Crippen LogP contribution in [0.1, 0.15) is 24.0 Å². The van der Waals surface area contributed by atoms with Crippen molar-refractivity contribution in [2.45, 2.75) is 19.3 Å². The Labute approximate surface area is 108 Å². The van der Waals surface area contributed by atoms with E-state index in [9.17, 15) is 8.78 Å². The number of aromatic nitrogens is 1. The Morgan fingerprint density at radius 3 is 2.94 bits per heavy atom. The van der Waals surface area contributed by atoms with Crippen LogP contribution in [-0.4, -0.2) is 11.5 Å². The summed E-state index contributed by atoms with van der Waals surface area (Å²) in [5.74, 6) is 0. The Kier molecular flexibility index (Phi) is 2.99. The highest BCUT2D eigenvalue weighted by Gasteiger charge is 2.20. The van der Waals surface area contributed by atoms with Crippen molar-refractivity contribution in [3.8, 4) is 10.4 Å². The number of halogens is 2. The Morgan fingerprint density at radius 1 is 1.33 bits per heavy atom. The quantitative estimate of drug-likeness (QED) is 0.885. The molecule has 1 N–H and O–H groups in total. The highest BCUT2D eigenvalue weighted by atomic mass is 32.1. The van der Waals surface area contributed by atoms with Crippen LogP contribution in [0, 0.1) is 0 Å².